The van der Waals surface area contributed by atoms with Gasteiger partial charge >= 0.3 is 0 Å². The van der Waals surface area contributed by atoms with Crippen LogP contribution < -0.4 is 5.32 Å². The van der Waals surface area contributed by atoms with Gasteiger partial charge in [-0.3, -0.25) is 4.79 Å². The molecule has 2 aromatic heterocycles. The first kappa shape index (κ1) is 11.6. The van der Waals surface area contributed by atoms with Gasteiger partial charge in [0.05, 0.1) is 6.04 Å². The van der Waals surface area contributed by atoms with E-state index in [1.54, 1.807) is 4.52 Å². The maximum absolute atomic E-state index is 12.0. The molecule has 1 aliphatic carbocycles. The molecular formula is C13H16N6O. The zero-order valence-electron chi connectivity index (χ0n) is 11.3. The average molecular weight is 272 g/mol. The molecule has 2 fully saturated rings. The van der Waals surface area contributed by atoms with E-state index in [0.717, 1.165) is 30.9 Å². The second kappa shape index (κ2) is 4.16. The molecule has 1 saturated carbocycles. The number of hydrogen-bond acceptors (Lipinski definition) is 5. The van der Waals surface area contributed by atoms with Crippen molar-refractivity contribution < 1.29 is 4.79 Å². The first-order chi connectivity index (χ1) is 9.70. The molecule has 7 nitrogen and oxygen atoms in total. The van der Waals surface area contributed by atoms with Gasteiger partial charge in [-0.1, -0.05) is 0 Å². The number of likely N-dealkylation sites (tertiary alicyclic amines) is 1. The van der Waals surface area contributed by atoms with E-state index < -0.39 is 0 Å². The van der Waals surface area contributed by atoms with Gasteiger partial charge in [0.15, 0.2) is 0 Å². The van der Waals surface area contributed by atoms with Gasteiger partial charge in [-0.25, -0.2) is 4.98 Å². The second-order valence-electron chi connectivity index (χ2n) is 5.58. The molecule has 1 N–H and O–H groups in total. The zero-order valence-corrected chi connectivity index (χ0v) is 11.3. The largest absolute Gasteiger partial charge is 0.365 e. The summed E-state index contributed by atoms with van der Waals surface area (Å²) in [5, 5.41) is 7.58. The van der Waals surface area contributed by atoms with Crippen LogP contribution in [0, 0.1) is 6.92 Å². The van der Waals surface area contributed by atoms with E-state index in [1.165, 1.54) is 6.33 Å². The number of fused-ring (bicyclic) bond motifs is 1. The SMILES string of the molecule is Cc1cc(NC2CC(=O)N(C3CC3)C2)n2ncnc2n1. The molecule has 104 valence electrons. The summed E-state index contributed by atoms with van der Waals surface area (Å²) in [5.74, 6) is 1.68. The fraction of sp³-hybridized carbons (Fsp3) is 0.538. The van der Waals surface area contributed by atoms with E-state index in [1.807, 2.05) is 17.9 Å². The Morgan fingerprint density at radius 1 is 1.40 bits per heavy atom. The summed E-state index contributed by atoms with van der Waals surface area (Å²) in [4.78, 5) is 22.4. The van der Waals surface area contributed by atoms with Crippen LogP contribution in [-0.4, -0.2) is 49.0 Å². The summed E-state index contributed by atoms with van der Waals surface area (Å²) in [5.41, 5.74) is 0.886. The molecule has 1 unspecified atom stereocenters. The molecule has 1 saturated heterocycles. The van der Waals surface area contributed by atoms with Crippen LogP contribution in [0.2, 0.25) is 0 Å². The summed E-state index contributed by atoms with van der Waals surface area (Å²) >= 11 is 0. The van der Waals surface area contributed by atoms with Gasteiger partial charge in [0.25, 0.3) is 5.78 Å². The highest BCUT2D eigenvalue weighted by Crippen LogP contribution is 2.31. The van der Waals surface area contributed by atoms with Crippen LogP contribution in [0.1, 0.15) is 25.0 Å². The van der Waals surface area contributed by atoms with Crippen LogP contribution in [0.25, 0.3) is 5.78 Å². The summed E-state index contributed by atoms with van der Waals surface area (Å²) in [7, 11) is 0. The third-order valence-electron chi connectivity index (χ3n) is 3.88. The van der Waals surface area contributed by atoms with Crippen molar-refractivity contribution >= 4 is 17.5 Å². The minimum atomic E-state index is 0.136. The molecule has 0 radical (unpaired) electrons. The number of carbonyl (C=O) groups excluding carboxylic acids is 1. The first-order valence-corrected chi connectivity index (χ1v) is 6.94. The molecule has 1 amide bonds. The Morgan fingerprint density at radius 3 is 3.05 bits per heavy atom. The normalized spacial score (nSPS) is 22.8. The van der Waals surface area contributed by atoms with Crippen molar-refractivity contribution in [1.29, 1.82) is 0 Å². The molecule has 0 spiro atoms. The molecule has 20 heavy (non-hydrogen) atoms. The molecule has 1 atom stereocenters. The summed E-state index contributed by atoms with van der Waals surface area (Å²) in [6, 6.07) is 2.56. The standard InChI is InChI=1S/C13H16N6O/c1-8-4-11(19-13(16-8)14-7-15-19)17-9-5-12(20)18(6-9)10-2-3-10/h4,7,9-10,17H,2-3,5-6H2,1H3. The number of aromatic nitrogens is 4. The van der Waals surface area contributed by atoms with Crippen molar-refractivity contribution in [2.45, 2.75) is 38.3 Å². The van der Waals surface area contributed by atoms with E-state index in [4.69, 9.17) is 0 Å². The number of rotatable bonds is 3. The van der Waals surface area contributed by atoms with Crippen LogP contribution in [0.15, 0.2) is 12.4 Å². The smallest absolute Gasteiger partial charge is 0.254 e. The lowest BCUT2D eigenvalue weighted by Gasteiger charge is -2.17. The van der Waals surface area contributed by atoms with E-state index in [0.29, 0.717) is 18.2 Å². The third-order valence-corrected chi connectivity index (χ3v) is 3.88. The fourth-order valence-corrected chi connectivity index (χ4v) is 2.81. The topological polar surface area (TPSA) is 75.4 Å². The summed E-state index contributed by atoms with van der Waals surface area (Å²) in [6.07, 6.45) is 4.34. The van der Waals surface area contributed by atoms with Crippen molar-refractivity contribution in [3.05, 3.63) is 18.1 Å². The van der Waals surface area contributed by atoms with Crippen LogP contribution in [-0.2, 0) is 4.79 Å². The number of nitrogens with zero attached hydrogens (tertiary/aromatic N) is 5. The average Bonchev–Trinajstić information content (AvgIpc) is 3.02. The number of aryl methyl sites for hydroxylation is 1. The minimum Gasteiger partial charge on any atom is -0.365 e. The summed E-state index contributed by atoms with van der Waals surface area (Å²) < 4.78 is 1.68. The number of nitrogens with one attached hydrogen (secondary N) is 1. The van der Waals surface area contributed by atoms with Gasteiger partial charge in [-0.05, 0) is 19.8 Å². The Hall–Kier alpha value is -2.18. The van der Waals surface area contributed by atoms with Crippen molar-refractivity contribution in [3.8, 4) is 0 Å². The maximum atomic E-state index is 12.0. The van der Waals surface area contributed by atoms with Gasteiger partial charge in [-0.2, -0.15) is 14.6 Å². The number of carbonyl (C=O) groups is 1. The Morgan fingerprint density at radius 2 is 2.25 bits per heavy atom. The van der Waals surface area contributed by atoms with E-state index in [2.05, 4.69) is 20.4 Å². The van der Waals surface area contributed by atoms with Crippen LogP contribution in [0.3, 0.4) is 0 Å². The van der Waals surface area contributed by atoms with Gasteiger partial charge in [-0.15, -0.1) is 0 Å². The highest BCUT2D eigenvalue weighted by molar-refractivity contribution is 5.80. The molecule has 0 aromatic carbocycles. The van der Waals surface area contributed by atoms with Crippen molar-refractivity contribution in [2.24, 2.45) is 0 Å². The molecule has 2 aromatic rings. The Balaban J connectivity index is 1.58. The minimum absolute atomic E-state index is 0.136. The van der Waals surface area contributed by atoms with Crippen LogP contribution in [0.4, 0.5) is 5.82 Å². The molecule has 0 bridgehead atoms. The molecule has 7 heteroatoms. The van der Waals surface area contributed by atoms with Gasteiger partial charge in [0.2, 0.25) is 5.91 Å². The highest BCUT2D eigenvalue weighted by Gasteiger charge is 2.39. The number of amides is 1. The van der Waals surface area contributed by atoms with Crippen molar-refractivity contribution in [3.63, 3.8) is 0 Å². The van der Waals surface area contributed by atoms with Crippen molar-refractivity contribution in [2.75, 3.05) is 11.9 Å². The number of anilines is 1. The zero-order chi connectivity index (χ0) is 13.7. The molecule has 4 rings (SSSR count). The van der Waals surface area contributed by atoms with Crippen LogP contribution >= 0.6 is 0 Å². The van der Waals surface area contributed by atoms with Gasteiger partial charge in [0, 0.05) is 30.8 Å². The second-order valence-corrected chi connectivity index (χ2v) is 5.58. The quantitative estimate of drug-likeness (QED) is 0.886. The first-order valence-electron chi connectivity index (χ1n) is 6.94. The summed E-state index contributed by atoms with van der Waals surface area (Å²) in [6.45, 7) is 2.71. The monoisotopic (exact) mass is 272 g/mol. The maximum Gasteiger partial charge on any atom is 0.254 e. The highest BCUT2D eigenvalue weighted by atomic mass is 16.2. The predicted molar refractivity (Wildman–Crippen MR) is 72.3 cm³/mol. The molecular weight excluding hydrogens is 256 g/mol. The Kier molecular flexibility index (Phi) is 2.42. The molecule has 1 aliphatic heterocycles. The molecule has 3 heterocycles. The lowest BCUT2D eigenvalue weighted by atomic mass is 10.2. The van der Waals surface area contributed by atoms with Crippen LogP contribution in [0.5, 0.6) is 0 Å². The third kappa shape index (κ3) is 1.90. The lowest BCUT2D eigenvalue weighted by molar-refractivity contribution is -0.128. The van der Waals surface area contributed by atoms with Gasteiger partial charge < -0.3 is 10.2 Å². The Bertz CT molecular complexity index is 677. The van der Waals surface area contributed by atoms with E-state index in [-0.39, 0.29) is 11.9 Å². The van der Waals surface area contributed by atoms with Gasteiger partial charge in [0.1, 0.15) is 12.1 Å². The predicted octanol–water partition coefficient (Wildman–Crippen LogP) is 0.608. The van der Waals surface area contributed by atoms with Crippen molar-refractivity contribution in [1.82, 2.24) is 24.5 Å². The lowest BCUT2D eigenvalue weighted by Crippen LogP contribution is -2.30. The fourth-order valence-electron chi connectivity index (χ4n) is 2.81. The van der Waals surface area contributed by atoms with E-state index in [9.17, 15) is 4.79 Å². The number of hydrogen-bond donors (Lipinski definition) is 1. The Labute approximate surface area is 116 Å². The van der Waals surface area contributed by atoms with E-state index >= 15 is 0 Å². The molecule has 2 aliphatic rings.